The Morgan fingerprint density at radius 3 is 2.71 bits per heavy atom. The lowest BCUT2D eigenvalue weighted by molar-refractivity contribution is 0.378. The SMILES string of the molecule is N#Cc1cnc2ccccc2c1NC1CC2CCC(C1)N2. The molecule has 0 saturated carbocycles. The molecule has 2 unspecified atom stereocenters. The molecule has 2 aliphatic rings. The number of piperidine rings is 1. The van der Waals surface area contributed by atoms with E-state index in [-0.39, 0.29) is 0 Å². The van der Waals surface area contributed by atoms with Crippen LogP contribution < -0.4 is 10.6 Å². The summed E-state index contributed by atoms with van der Waals surface area (Å²) in [5.41, 5.74) is 2.53. The maximum Gasteiger partial charge on any atom is 0.103 e. The van der Waals surface area contributed by atoms with E-state index in [2.05, 4.69) is 21.7 Å². The molecule has 21 heavy (non-hydrogen) atoms. The predicted molar refractivity (Wildman–Crippen MR) is 83.0 cm³/mol. The molecule has 2 N–H and O–H groups in total. The van der Waals surface area contributed by atoms with Gasteiger partial charge in [0, 0.05) is 29.7 Å². The monoisotopic (exact) mass is 278 g/mol. The fraction of sp³-hybridized carbons (Fsp3) is 0.412. The van der Waals surface area contributed by atoms with Crippen LogP contribution in [0.3, 0.4) is 0 Å². The van der Waals surface area contributed by atoms with E-state index in [1.54, 1.807) is 6.20 Å². The lowest BCUT2D eigenvalue weighted by Crippen LogP contribution is -2.43. The van der Waals surface area contributed by atoms with Crippen molar-refractivity contribution in [1.82, 2.24) is 10.3 Å². The molecule has 2 atom stereocenters. The van der Waals surface area contributed by atoms with Crippen LogP contribution in [0.15, 0.2) is 30.5 Å². The summed E-state index contributed by atoms with van der Waals surface area (Å²) in [4.78, 5) is 4.37. The fourth-order valence-electron chi connectivity index (χ4n) is 3.76. The van der Waals surface area contributed by atoms with Crippen molar-refractivity contribution in [1.29, 1.82) is 5.26 Å². The number of pyridine rings is 1. The molecule has 2 aliphatic heterocycles. The molecule has 1 aromatic carbocycles. The van der Waals surface area contributed by atoms with Gasteiger partial charge in [0.1, 0.15) is 6.07 Å². The molecule has 0 aliphatic carbocycles. The molecule has 0 radical (unpaired) electrons. The van der Waals surface area contributed by atoms with Gasteiger partial charge in [-0.2, -0.15) is 5.26 Å². The Morgan fingerprint density at radius 1 is 1.19 bits per heavy atom. The lowest BCUT2D eigenvalue weighted by Gasteiger charge is -2.31. The summed E-state index contributed by atoms with van der Waals surface area (Å²) in [7, 11) is 0. The van der Waals surface area contributed by atoms with Gasteiger partial charge in [0.15, 0.2) is 0 Å². The zero-order chi connectivity index (χ0) is 14.2. The van der Waals surface area contributed by atoms with E-state index < -0.39 is 0 Å². The number of fused-ring (bicyclic) bond motifs is 3. The van der Waals surface area contributed by atoms with Gasteiger partial charge in [0.25, 0.3) is 0 Å². The highest BCUT2D eigenvalue weighted by atomic mass is 15.0. The molecule has 2 bridgehead atoms. The number of benzene rings is 1. The summed E-state index contributed by atoms with van der Waals surface area (Å²) in [6.45, 7) is 0. The number of rotatable bonds is 2. The van der Waals surface area contributed by atoms with Crippen LogP contribution in [-0.4, -0.2) is 23.1 Å². The Bertz CT molecular complexity index is 706. The number of hydrogen-bond acceptors (Lipinski definition) is 4. The first-order chi connectivity index (χ1) is 10.3. The van der Waals surface area contributed by atoms with Crippen molar-refractivity contribution < 1.29 is 0 Å². The second-order valence-corrected chi connectivity index (χ2v) is 6.13. The summed E-state index contributed by atoms with van der Waals surface area (Å²) >= 11 is 0. The number of nitrogens with one attached hydrogen (secondary N) is 2. The quantitative estimate of drug-likeness (QED) is 0.886. The molecular formula is C17H18N4. The number of para-hydroxylation sites is 1. The van der Waals surface area contributed by atoms with Gasteiger partial charge in [-0.15, -0.1) is 0 Å². The Balaban J connectivity index is 1.70. The third-order valence-corrected chi connectivity index (χ3v) is 4.72. The molecule has 106 valence electrons. The molecule has 2 aromatic rings. The van der Waals surface area contributed by atoms with E-state index in [1.807, 2.05) is 24.3 Å². The summed E-state index contributed by atoms with van der Waals surface area (Å²) in [5.74, 6) is 0. The van der Waals surface area contributed by atoms with Gasteiger partial charge in [-0.05, 0) is 31.7 Å². The normalized spacial score (nSPS) is 27.5. The van der Waals surface area contributed by atoms with Crippen LogP contribution in [0.5, 0.6) is 0 Å². The third-order valence-electron chi connectivity index (χ3n) is 4.72. The average Bonchev–Trinajstić information content (AvgIpc) is 2.86. The number of nitriles is 1. The smallest absolute Gasteiger partial charge is 0.103 e. The number of hydrogen-bond donors (Lipinski definition) is 2. The maximum absolute atomic E-state index is 9.38. The second-order valence-electron chi connectivity index (χ2n) is 6.13. The van der Waals surface area contributed by atoms with Crippen molar-refractivity contribution in [3.63, 3.8) is 0 Å². The Kier molecular flexibility index (Phi) is 3.01. The van der Waals surface area contributed by atoms with Crippen molar-refractivity contribution in [2.24, 2.45) is 0 Å². The minimum atomic E-state index is 0.446. The maximum atomic E-state index is 9.38. The van der Waals surface area contributed by atoms with Crippen LogP contribution in [-0.2, 0) is 0 Å². The molecule has 1 aromatic heterocycles. The molecular weight excluding hydrogens is 260 g/mol. The van der Waals surface area contributed by atoms with Crippen molar-refractivity contribution in [3.05, 3.63) is 36.0 Å². The van der Waals surface area contributed by atoms with Gasteiger partial charge in [-0.3, -0.25) is 4.98 Å². The highest BCUT2D eigenvalue weighted by Gasteiger charge is 2.33. The van der Waals surface area contributed by atoms with E-state index in [1.165, 1.54) is 12.8 Å². The molecule has 2 saturated heterocycles. The van der Waals surface area contributed by atoms with Crippen LogP contribution in [0.1, 0.15) is 31.2 Å². The minimum absolute atomic E-state index is 0.446. The first-order valence-electron chi connectivity index (χ1n) is 7.64. The summed E-state index contributed by atoms with van der Waals surface area (Å²) < 4.78 is 0. The molecule has 0 spiro atoms. The van der Waals surface area contributed by atoms with Crippen LogP contribution in [0.25, 0.3) is 10.9 Å². The third kappa shape index (κ3) is 2.24. The number of anilines is 1. The Labute approximate surface area is 124 Å². The van der Waals surface area contributed by atoms with Gasteiger partial charge in [0.2, 0.25) is 0 Å². The zero-order valence-corrected chi connectivity index (χ0v) is 11.8. The van der Waals surface area contributed by atoms with Crippen LogP contribution in [0.2, 0.25) is 0 Å². The van der Waals surface area contributed by atoms with Gasteiger partial charge >= 0.3 is 0 Å². The molecule has 2 fully saturated rings. The van der Waals surface area contributed by atoms with Crippen LogP contribution >= 0.6 is 0 Å². The minimum Gasteiger partial charge on any atom is -0.381 e. The van der Waals surface area contributed by atoms with Gasteiger partial charge in [-0.25, -0.2) is 0 Å². The highest BCUT2D eigenvalue weighted by molar-refractivity contribution is 5.93. The summed E-state index contributed by atoms with van der Waals surface area (Å²) in [6.07, 6.45) is 6.52. The topological polar surface area (TPSA) is 60.7 Å². The summed E-state index contributed by atoms with van der Waals surface area (Å²) in [6, 6.07) is 12.0. The summed E-state index contributed by atoms with van der Waals surface area (Å²) in [5, 5.41) is 17.7. The largest absolute Gasteiger partial charge is 0.381 e. The Morgan fingerprint density at radius 2 is 1.95 bits per heavy atom. The van der Waals surface area contributed by atoms with Crippen molar-refractivity contribution in [2.45, 2.75) is 43.8 Å². The van der Waals surface area contributed by atoms with Gasteiger partial charge < -0.3 is 10.6 Å². The number of nitrogens with zero attached hydrogens (tertiary/aromatic N) is 2. The van der Waals surface area contributed by atoms with Crippen molar-refractivity contribution >= 4 is 16.6 Å². The molecule has 4 rings (SSSR count). The molecule has 0 amide bonds. The standard InChI is InChI=1S/C17H18N4/c18-9-11-10-19-16-4-2-1-3-15(16)17(11)21-14-7-12-5-6-13(8-14)20-12/h1-4,10,12-14,20H,5-8H2,(H,19,21). The first-order valence-corrected chi connectivity index (χ1v) is 7.64. The fourth-order valence-corrected chi connectivity index (χ4v) is 3.76. The van der Waals surface area contributed by atoms with Gasteiger partial charge in [-0.1, -0.05) is 18.2 Å². The number of aromatic nitrogens is 1. The molecule has 4 nitrogen and oxygen atoms in total. The van der Waals surface area contributed by atoms with Crippen molar-refractivity contribution in [3.8, 4) is 6.07 Å². The van der Waals surface area contributed by atoms with E-state index in [0.29, 0.717) is 23.7 Å². The average molecular weight is 278 g/mol. The highest BCUT2D eigenvalue weighted by Crippen LogP contribution is 2.32. The van der Waals surface area contributed by atoms with Gasteiger partial charge in [0.05, 0.1) is 16.8 Å². The molecule has 4 heteroatoms. The van der Waals surface area contributed by atoms with Crippen molar-refractivity contribution in [2.75, 3.05) is 5.32 Å². The van der Waals surface area contributed by atoms with E-state index in [9.17, 15) is 5.26 Å². The van der Waals surface area contributed by atoms with Crippen LogP contribution in [0.4, 0.5) is 5.69 Å². The van der Waals surface area contributed by atoms with Crippen LogP contribution in [0, 0.1) is 11.3 Å². The van der Waals surface area contributed by atoms with E-state index >= 15 is 0 Å². The second kappa shape index (κ2) is 5.01. The zero-order valence-electron chi connectivity index (χ0n) is 11.8. The molecule has 3 heterocycles. The first kappa shape index (κ1) is 12.6. The van der Waals surface area contributed by atoms with E-state index in [4.69, 9.17) is 0 Å². The lowest BCUT2D eigenvalue weighted by atomic mass is 9.98. The Hall–Kier alpha value is -2.12. The van der Waals surface area contributed by atoms with E-state index in [0.717, 1.165) is 29.4 Å². The predicted octanol–water partition coefficient (Wildman–Crippen LogP) is 2.80.